The molecule has 4 heteroatoms. The zero-order chi connectivity index (χ0) is 13.1. The van der Waals surface area contributed by atoms with Crippen LogP contribution < -0.4 is 5.32 Å². The molecule has 1 heterocycles. The van der Waals surface area contributed by atoms with Crippen molar-refractivity contribution in [3.8, 4) is 11.1 Å². The minimum atomic E-state index is -0.272. The van der Waals surface area contributed by atoms with Crippen LogP contribution in [0.25, 0.3) is 11.1 Å². The summed E-state index contributed by atoms with van der Waals surface area (Å²) in [5, 5.41) is 7.21. The number of hydrogen-bond acceptors (Lipinski definition) is 2. The summed E-state index contributed by atoms with van der Waals surface area (Å²) in [4.78, 5) is 0. The van der Waals surface area contributed by atoms with Crippen LogP contribution in [-0.2, 0) is 6.54 Å². The van der Waals surface area contributed by atoms with Gasteiger partial charge in [-0.3, -0.25) is 0 Å². The molecule has 0 spiro atoms. The third-order valence-electron chi connectivity index (χ3n) is 3.21. The zero-order valence-corrected chi connectivity index (χ0v) is 10.9. The molecule has 0 aliphatic rings. The van der Waals surface area contributed by atoms with Gasteiger partial charge in [-0.25, -0.2) is 4.68 Å². The molecular weight excluding hydrogens is 229 g/mol. The normalized spacial score (nSPS) is 12.7. The first kappa shape index (κ1) is 12.8. The Kier molecular flexibility index (Phi) is 3.77. The van der Waals surface area contributed by atoms with E-state index in [4.69, 9.17) is 0 Å². The quantitative estimate of drug-likeness (QED) is 0.900. The van der Waals surface area contributed by atoms with Crippen molar-refractivity contribution in [2.75, 3.05) is 7.05 Å². The highest BCUT2D eigenvalue weighted by Gasteiger charge is 2.12. The standard InChI is InChI=1S/C14H18FN3/c1-4-18-14(15)13(9-17-18)12-7-5-6-11(8-12)10(2)16-3/h5-10,16H,4H2,1-3H3. The summed E-state index contributed by atoms with van der Waals surface area (Å²) in [6, 6.07) is 8.13. The predicted octanol–water partition coefficient (Wildman–Crippen LogP) is 2.99. The highest BCUT2D eigenvalue weighted by Crippen LogP contribution is 2.25. The van der Waals surface area contributed by atoms with Gasteiger partial charge in [0.05, 0.1) is 11.8 Å². The van der Waals surface area contributed by atoms with Crippen molar-refractivity contribution >= 4 is 0 Å². The van der Waals surface area contributed by atoms with E-state index in [1.165, 1.54) is 4.68 Å². The van der Waals surface area contributed by atoms with E-state index in [1.54, 1.807) is 6.20 Å². The first-order valence-electron chi connectivity index (χ1n) is 6.16. The van der Waals surface area contributed by atoms with Crippen LogP contribution in [0.4, 0.5) is 4.39 Å². The molecule has 1 aromatic heterocycles. The molecule has 0 radical (unpaired) electrons. The maximum atomic E-state index is 14.0. The minimum absolute atomic E-state index is 0.245. The van der Waals surface area contributed by atoms with Crippen LogP contribution in [0.2, 0.25) is 0 Å². The number of hydrogen-bond donors (Lipinski definition) is 1. The van der Waals surface area contributed by atoms with E-state index >= 15 is 0 Å². The number of nitrogens with one attached hydrogen (secondary N) is 1. The highest BCUT2D eigenvalue weighted by atomic mass is 19.1. The van der Waals surface area contributed by atoms with Crippen molar-refractivity contribution in [1.29, 1.82) is 0 Å². The maximum Gasteiger partial charge on any atom is 0.219 e. The van der Waals surface area contributed by atoms with E-state index in [0.717, 1.165) is 11.1 Å². The predicted molar refractivity (Wildman–Crippen MR) is 70.8 cm³/mol. The second-order valence-corrected chi connectivity index (χ2v) is 4.30. The first-order valence-corrected chi connectivity index (χ1v) is 6.16. The Morgan fingerprint density at radius 1 is 1.44 bits per heavy atom. The van der Waals surface area contributed by atoms with Crippen LogP contribution in [0.1, 0.15) is 25.5 Å². The number of rotatable bonds is 4. The van der Waals surface area contributed by atoms with Gasteiger partial charge in [0.25, 0.3) is 0 Å². The van der Waals surface area contributed by atoms with Crippen LogP contribution in [0, 0.1) is 5.95 Å². The van der Waals surface area contributed by atoms with Gasteiger partial charge in [0.15, 0.2) is 0 Å². The molecule has 0 saturated carbocycles. The molecule has 0 amide bonds. The van der Waals surface area contributed by atoms with Crippen molar-refractivity contribution < 1.29 is 4.39 Å². The summed E-state index contributed by atoms with van der Waals surface area (Å²) in [6.07, 6.45) is 1.59. The van der Waals surface area contributed by atoms with Gasteiger partial charge in [0.2, 0.25) is 5.95 Å². The van der Waals surface area contributed by atoms with E-state index in [2.05, 4.69) is 17.3 Å². The molecular formula is C14H18FN3. The molecule has 0 aliphatic carbocycles. The smallest absolute Gasteiger partial charge is 0.219 e. The summed E-state index contributed by atoms with van der Waals surface area (Å²) in [5.74, 6) is -0.272. The Hall–Kier alpha value is -1.68. The summed E-state index contributed by atoms with van der Waals surface area (Å²) < 4.78 is 15.4. The van der Waals surface area contributed by atoms with E-state index in [-0.39, 0.29) is 12.0 Å². The lowest BCUT2D eigenvalue weighted by Gasteiger charge is -2.11. The second kappa shape index (κ2) is 5.31. The fourth-order valence-electron chi connectivity index (χ4n) is 1.93. The SMILES string of the molecule is CCn1ncc(-c2cccc(C(C)NC)c2)c1F. The topological polar surface area (TPSA) is 29.9 Å². The Bertz CT molecular complexity index is 534. The van der Waals surface area contributed by atoms with Gasteiger partial charge in [0.1, 0.15) is 0 Å². The Morgan fingerprint density at radius 3 is 2.83 bits per heavy atom. The van der Waals surface area contributed by atoms with Crippen LogP contribution >= 0.6 is 0 Å². The van der Waals surface area contributed by atoms with Crippen molar-refractivity contribution in [3.63, 3.8) is 0 Å². The van der Waals surface area contributed by atoms with E-state index < -0.39 is 0 Å². The Morgan fingerprint density at radius 2 is 2.22 bits per heavy atom. The Labute approximate surface area is 107 Å². The number of benzene rings is 1. The van der Waals surface area contributed by atoms with Gasteiger partial charge in [-0.1, -0.05) is 18.2 Å². The fraction of sp³-hybridized carbons (Fsp3) is 0.357. The van der Waals surface area contributed by atoms with Crippen molar-refractivity contribution in [1.82, 2.24) is 15.1 Å². The zero-order valence-electron chi connectivity index (χ0n) is 10.9. The molecule has 1 atom stereocenters. The molecule has 2 aromatic rings. The van der Waals surface area contributed by atoms with Gasteiger partial charge < -0.3 is 5.32 Å². The third-order valence-corrected chi connectivity index (χ3v) is 3.21. The number of nitrogens with zero attached hydrogens (tertiary/aromatic N) is 2. The third kappa shape index (κ3) is 2.29. The average Bonchev–Trinajstić information content (AvgIpc) is 2.79. The summed E-state index contributed by atoms with van der Waals surface area (Å²) in [7, 11) is 1.91. The minimum Gasteiger partial charge on any atom is -0.313 e. The van der Waals surface area contributed by atoms with E-state index in [9.17, 15) is 4.39 Å². The van der Waals surface area contributed by atoms with Crippen molar-refractivity contribution in [3.05, 3.63) is 42.0 Å². The molecule has 2 rings (SSSR count). The van der Waals surface area contributed by atoms with Crippen LogP contribution in [0.5, 0.6) is 0 Å². The van der Waals surface area contributed by atoms with Crippen LogP contribution in [0.3, 0.4) is 0 Å². The molecule has 3 nitrogen and oxygen atoms in total. The summed E-state index contributed by atoms with van der Waals surface area (Å²) in [6.45, 7) is 4.49. The highest BCUT2D eigenvalue weighted by molar-refractivity contribution is 5.63. The number of aromatic nitrogens is 2. The van der Waals surface area contributed by atoms with Gasteiger partial charge in [-0.15, -0.1) is 0 Å². The molecule has 0 fully saturated rings. The fourth-order valence-corrected chi connectivity index (χ4v) is 1.93. The lowest BCUT2D eigenvalue weighted by atomic mass is 10.0. The number of aryl methyl sites for hydroxylation is 1. The summed E-state index contributed by atoms with van der Waals surface area (Å²) >= 11 is 0. The average molecular weight is 247 g/mol. The van der Waals surface area contributed by atoms with Gasteiger partial charge in [-0.2, -0.15) is 9.49 Å². The molecule has 0 saturated heterocycles. The van der Waals surface area contributed by atoms with Crippen LogP contribution in [-0.4, -0.2) is 16.8 Å². The summed E-state index contributed by atoms with van der Waals surface area (Å²) in [5.41, 5.74) is 2.56. The van der Waals surface area contributed by atoms with Gasteiger partial charge in [-0.05, 0) is 38.1 Å². The lowest BCUT2D eigenvalue weighted by Crippen LogP contribution is -2.12. The largest absolute Gasteiger partial charge is 0.313 e. The molecule has 0 aliphatic heterocycles. The molecule has 1 N–H and O–H groups in total. The van der Waals surface area contributed by atoms with Gasteiger partial charge in [0, 0.05) is 12.6 Å². The van der Waals surface area contributed by atoms with E-state index in [1.807, 2.05) is 38.2 Å². The Balaban J connectivity index is 2.41. The monoisotopic (exact) mass is 247 g/mol. The molecule has 1 aromatic carbocycles. The number of halogens is 1. The first-order chi connectivity index (χ1) is 8.67. The maximum absolute atomic E-state index is 14.0. The second-order valence-electron chi connectivity index (χ2n) is 4.30. The molecule has 0 bridgehead atoms. The molecule has 1 unspecified atom stereocenters. The van der Waals surface area contributed by atoms with Crippen LogP contribution in [0.15, 0.2) is 30.5 Å². The molecule has 96 valence electrons. The molecule has 18 heavy (non-hydrogen) atoms. The van der Waals surface area contributed by atoms with Crippen molar-refractivity contribution in [2.24, 2.45) is 0 Å². The van der Waals surface area contributed by atoms with Gasteiger partial charge >= 0.3 is 0 Å². The lowest BCUT2D eigenvalue weighted by molar-refractivity contribution is 0.473. The van der Waals surface area contributed by atoms with E-state index in [0.29, 0.717) is 12.1 Å². The van der Waals surface area contributed by atoms with Crippen molar-refractivity contribution in [2.45, 2.75) is 26.4 Å².